The van der Waals surface area contributed by atoms with Crippen molar-refractivity contribution in [2.45, 2.75) is 43.1 Å². The summed E-state index contributed by atoms with van der Waals surface area (Å²) in [6.45, 7) is 4.47. The number of benzene rings is 1. The van der Waals surface area contributed by atoms with Gasteiger partial charge in [-0.05, 0) is 38.8 Å². The van der Waals surface area contributed by atoms with Gasteiger partial charge < -0.3 is 10.6 Å². The lowest BCUT2D eigenvalue weighted by Crippen LogP contribution is -2.43. The largest absolute Gasteiger partial charge is 0.370 e. The molecule has 1 aromatic carbocycles. The standard InChI is InChI=1S/C17H21N5O2S/c1-3-18-14-12-6-4-5-7-13(12)20-17(21-14)25-10(2)15(23)22-16(24)19-11-8-9-11/h4-7,10-11H,3,8-9H2,1-2H3,(H,18,20,21)(H2,19,22,23,24)/t10-/m1/s1. The van der Waals surface area contributed by atoms with Crippen LogP contribution in [0.3, 0.4) is 0 Å². The molecule has 0 unspecified atom stereocenters. The van der Waals surface area contributed by atoms with Crippen LogP contribution in [-0.2, 0) is 4.79 Å². The van der Waals surface area contributed by atoms with E-state index in [1.807, 2.05) is 31.2 Å². The number of amides is 3. The van der Waals surface area contributed by atoms with E-state index in [1.54, 1.807) is 6.92 Å². The van der Waals surface area contributed by atoms with Gasteiger partial charge in [0.15, 0.2) is 5.16 Å². The molecule has 1 fully saturated rings. The first kappa shape index (κ1) is 17.5. The number of hydrogen-bond acceptors (Lipinski definition) is 6. The van der Waals surface area contributed by atoms with Gasteiger partial charge in [-0.3, -0.25) is 10.1 Å². The van der Waals surface area contributed by atoms with Crippen molar-refractivity contribution in [2.75, 3.05) is 11.9 Å². The first-order valence-corrected chi connectivity index (χ1v) is 9.23. The molecule has 0 aliphatic heterocycles. The highest BCUT2D eigenvalue weighted by atomic mass is 32.2. The van der Waals surface area contributed by atoms with Gasteiger partial charge in [0.2, 0.25) is 5.91 Å². The van der Waals surface area contributed by atoms with Crippen molar-refractivity contribution in [1.29, 1.82) is 0 Å². The van der Waals surface area contributed by atoms with E-state index in [-0.39, 0.29) is 11.9 Å². The zero-order chi connectivity index (χ0) is 17.8. The minimum atomic E-state index is -0.486. The highest BCUT2D eigenvalue weighted by Gasteiger charge is 2.25. The lowest BCUT2D eigenvalue weighted by Gasteiger charge is -2.13. The van der Waals surface area contributed by atoms with Gasteiger partial charge in [0.05, 0.1) is 10.8 Å². The van der Waals surface area contributed by atoms with Crippen LogP contribution in [-0.4, -0.2) is 39.7 Å². The number of thioether (sulfide) groups is 1. The summed E-state index contributed by atoms with van der Waals surface area (Å²) in [6, 6.07) is 7.50. The molecule has 1 atom stereocenters. The maximum Gasteiger partial charge on any atom is 0.321 e. The molecule has 1 saturated carbocycles. The fourth-order valence-corrected chi connectivity index (χ4v) is 3.06. The third-order valence-electron chi connectivity index (χ3n) is 3.73. The second-order valence-corrected chi connectivity index (χ2v) is 7.21. The van der Waals surface area contributed by atoms with E-state index < -0.39 is 11.3 Å². The normalized spacial score (nSPS) is 14.8. The molecule has 3 rings (SSSR count). The molecular formula is C17H21N5O2S. The maximum atomic E-state index is 12.2. The van der Waals surface area contributed by atoms with E-state index in [9.17, 15) is 9.59 Å². The molecule has 1 aliphatic carbocycles. The molecule has 1 heterocycles. The Balaban J connectivity index is 1.70. The molecule has 1 aliphatic rings. The molecule has 3 N–H and O–H groups in total. The van der Waals surface area contributed by atoms with Gasteiger partial charge in [-0.25, -0.2) is 14.8 Å². The van der Waals surface area contributed by atoms with Crippen LogP contribution >= 0.6 is 11.8 Å². The first-order chi connectivity index (χ1) is 12.1. The smallest absolute Gasteiger partial charge is 0.321 e. The lowest BCUT2D eigenvalue weighted by atomic mass is 10.2. The van der Waals surface area contributed by atoms with E-state index in [4.69, 9.17) is 0 Å². The number of carbonyl (C=O) groups excluding carboxylic acids is 2. The minimum absolute atomic E-state index is 0.210. The van der Waals surface area contributed by atoms with E-state index in [1.165, 1.54) is 11.8 Å². The van der Waals surface area contributed by atoms with Crippen LogP contribution < -0.4 is 16.0 Å². The molecule has 25 heavy (non-hydrogen) atoms. The number of carbonyl (C=O) groups is 2. The number of rotatable bonds is 6. The van der Waals surface area contributed by atoms with Gasteiger partial charge in [-0.2, -0.15) is 0 Å². The van der Waals surface area contributed by atoms with Crippen LogP contribution in [0.5, 0.6) is 0 Å². The molecule has 2 aromatic rings. The Labute approximate surface area is 150 Å². The monoisotopic (exact) mass is 359 g/mol. The molecule has 0 bridgehead atoms. The SMILES string of the molecule is CCNc1nc(S[C@H](C)C(=O)NC(=O)NC2CC2)nc2ccccc12. The van der Waals surface area contributed by atoms with Crippen LogP contribution in [0.15, 0.2) is 29.4 Å². The summed E-state index contributed by atoms with van der Waals surface area (Å²) in [5.41, 5.74) is 0.815. The Kier molecular flexibility index (Phi) is 5.37. The van der Waals surface area contributed by atoms with Crippen molar-refractivity contribution in [3.05, 3.63) is 24.3 Å². The van der Waals surface area contributed by atoms with E-state index in [0.29, 0.717) is 5.16 Å². The fraction of sp³-hybridized carbons (Fsp3) is 0.412. The van der Waals surface area contributed by atoms with E-state index >= 15 is 0 Å². The molecule has 0 saturated heterocycles. The number of anilines is 1. The molecule has 1 aromatic heterocycles. The molecule has 0 radical (unpaired) electrons. The summed E-state index contributed by atoms with van der Waals surface area (Å²) in [4.78, 5) is 32.9. The Bertz CT molecular complexity index is 794. The highest BCUT2D eigenvalue weighted by molar-refractivity contribution is 8.00. The molecule has 7 nitrogen and oxygen atoms in total. The average molecular weight is 359 g/mol. The van der Waals surface area contributed by atoms with Crippen LogP contribution in [0.25, 0.3) is 10.9 Å². The predicted molar refractivity (Wildman–Crippen MR) is 98.7 cm³/mol. The maximum absolute atomic E-state index is 12.2. The number of urea groups is 1. The van der Waals surface area contributed by atoms with Crippen molar-refractivity contribution in [3.63, 3.8) is 0 Å². The third-order valence-corrected chi connectivity index (χ3v) is 4.69. The van der Waals surface area contributed by atoms with Crippen molar-refractivity contribution >= 4 is 40.4 Å². The van der Waals surface area contributed by atoms with Gasteiger partial charge in [0.25, 0.3) is 0 Å². The minimum Gasteiger partial charge on any atom is -0.370 e. The Morgan fingerprint density at radius 2 is 2.04 bits per heavy atom. The Hall–Kier alpha value is -2.35. The molecular weight excluding hydrogens is 338 g/mol. The zero-order valence-electron chi connectivity index (χ0n) is 14.2. The van der Waals surface area contributed by atoms with Gasteiger partial charge in [0.1, 0.15) is 5.82 Å². The summed E-state index contributed by atoms with van der Waals surface area (Å²) in [7, 11) is 0. The first-order valence-electron chi connectivity index (χ1n) is 8.35. The quantitative estimate of drug-likeness (QED) is 0.542. The highest BCUT2D eigenvalue weighted by Crippen LogP contribution is 2.26. The molecule has 3 amide bonds. The van der Waals surface area contributed by atoms with E-state index in [2.05, 4.69) is 25.9 Å². The van der Waals surface area contributed by atoms with Gasteiger partial charge in [-0.1, -0.05) is 23.9 Å². The summed E-state index contributed by atoms with van der Waals surface area (Å²) >= 11 is 1.23. The van der Waals surface area contributed by atoms with Crippen LogP contribution in [0.1, 0.15) is 26.7 Å². The van der Waals surface area contributed by atoms with Crippen LogP contribution in [0, 0.1) is 0 Å². The van der Waals surface area contributed by atoms with Gasteiger partial charge >= 0.3 is 6.03 Å². The number of hydrogen-bond donors (Lipinski definition) is 3. The molecule has 0 spiro atoms. The predicted octanol–water partition coefficient (Wildman–Crippen LogP) is 2.53. The van der Waals surface area contributed by atoms with Crippen LogP contribution in [0.2, 0.25) is 0 Å². The van der Waals surface area contributed by atoms with Crippen molar-refractivity contribution < 1.29 is 9.59 Å². The summed E-state index contributed by atoms with van der Waals surface area (Å²) in [5.74, 6) is 0.389. The Morgan fingerprint density at radius 1 is 1.28 bits per heavy atom. The topological polar surface area (TPSA) is 96.0 Å². The summed E-state index contributed by atoms with van der Waals surface area (Å²) in [6.07, 6.45) is 1.95. The second-order valence-electron chi connectivity index (χ2n) is 5.90. The number of fused-ring (bicyclic) bond motifs is 1. The fourth-order valence-electron chi connectivity index (χ4n) is 2.28. The summed E-state index contributed by atoms with van der Waals surface area (Å²) < 4.78 is 0. The lowest BCUT2D eigenvalue weighted by molar-refractivity contribution is -0.119. The number of para-hydroxylation sites is 1. The van der Waals surface area contributed by atoms with Crippen molar-refractivity contribution in [2.24, 2.45) is 0 Å². The number of aromatic nitrogens is 2. The summed E-state index contributed by atoms with van der Waals surface area (Å²) in [5, 5.41) is 9.28. The number of nitrogens with one attached hydrogen (secondary N) is 3. The number of nitrogens with zero attached hydrogens (tertiary/aromatic N) is 2. The Morgan fingerprint density at radius 3 is 2.76 bits per heavy atom. The van der Waals surface area contributed by atoms with E-state index in [0.717, 1.165) is 36.1 Å². The second kappa shape index (κ2) is 7.69. The average Bonchev–Trinajstić information content (AvgIpc) is 3.38. The van der Waals surface area contributed by atoms with Crippen molar-refractivity contribution in [3.8, 4) is 0 Å². The molecule has 8 heteroatoms. The third kappa shape index (κ3) is 4.60. The zero-order valence-corrected chi connectivity index (χ0v) is 15.0. The van der Waals surface area contributed by atoms with Crippen molar-refractivity contribution in [1.82, 2.24) is 20.6 Å². The van der Waals surface area contributed by atoms with Crippen LogP contribution in [0.4, 0.5) is 10.6 Å². The molecule has 132 valence electrons. The van der Waals surface area contributed by atoms with Gasteiger partial charge in [0, 0.05) is 18.0 Å². The van der Waals surface area contributed by atoms with Gasteiger partial charge in [-0.15, -0.1) is 0 Å². The number of imide groups is 1.